The van der Waals surface area contributed by atoms with Gasteiger partial charge in [0, 0.05) is 6.92 Å². The number of hydrogen-bond acceptors (Lipinski definition) is 4. The van der Waals surface area contributed by atoms with Crippen LogP contribution in [0.1, 0.15) is 30.5 Å². The van der Waals surface area contributed by atoms with E-state index in [4.69, 9.17) is 14.2 Å². The van der Waals surface area contributed by atoms with Crippen LogP contribution in [0.3, 0.4) is 0 Å². The molecule has 0 amide bonds. The fourth-order valence-electron chi connectivity index (χ4n) is 4.03. The number of benzene rings is 3. The smallest absolute Gasteiger partial charge is 0.368 e. The molecule has 3 aromatic rings. The van der Waals surface area contributed by atoms with Gasteiger partial charge >= 0.3 is 5.97 Å². The third-order valence-corrected chi connectivity index (χ3v) is 5.82. The van der Waals surface area contributed by atoms with Crippen LogP contribution < -0.4 is 0 Å². The molecule has 1 saturated heterocycles. The lowest BCUT2D eigenvalue weighted by Gasteiger charge is -2.35. The van der Waals surface area contributed by atoms with Gasteiger partial charge in [-0.15, -0.1) is 0 Å². The maximum atomic E-state index is 13.3. The monoisotopic (exact) mass is 490 g/mol. The number of hydrogen-bond donors (Lipinski definition) is 0. The first-order chi connectivity index (χ1) is 17.9. The van der Waals surface area contributed by atoms with Gasteiger partial charge in [-0.05, 0) is 52.5 Å². The molecule has 1 unspecified atom stereocenters. The molecule has 0 aromatic heterocycles. The first-order valence-corrected chi connectivity index (χ1v) is 12.2. The fraction of sp³-hybridized carbons (Fsp3) is 0.121. The number of carbonyl (C=O) groups excluding carboxylic acids is 1. The standard InChI is InChI=1S/C33H30O4/c1-5-11-26(6-2)28-18-14-24(15-19-28)22-30-32(34)31(37-33(4,36-30)35-7-3)23-25-16-20-29(21-17-25)27-12-9-8-10-13-27/h5-6,8-23H,1-2,7H2,3-4H3. The highest BCUT2D eigenvalue weighted by atomic mass is 16.9. The summed E-state index contributed by atoms with van der Waals surface area (Å²) in [7, 11) is 0. The summed E-state index contributed by atoms with van der Waals surface area (Å²) in [4.78, 5) is 13.3. The minimum Gasteiger partial charge on any atom is -0.426 e. The molecule has 0 N–H and O–H groups in total. The third kappa shape index (κ3) is 6.24. The lowest BCUT2D eigenvalue weighted by molar-refractivity contribution is -0.343. The van der Waals surface area contributed by atoms with E-state index in [2.05, 4.69) is 25.3 Å². The Morgan fingerprint density at radius 3 is 1.89 bits per heavy atom. The maximum Gasteiger partial charge on any atom is 0.368 e. The van der Waals surface area contributed by atoms with E-state index in [0.29, 0.717) is 6.61 Å². The molecule has 1 fully saturated rings. The number of rotatable bonds is 8. The molecule has 1 atom stereocenters. The van der Waals surface area contributed by atoms with E-state index in [1.807, 2.05) is 79.7 Å². The van der Waals surface area contributed by atoms with Crippen molar-refractivity contribution in [2.75, 3.05) is 6.61 Å². The fourth-order valence-corrected chi connectivity index (χ4v) is 4.03. The summed E-state index contributed by atoms with van der Waals surface area (Å²) in [5, 5.41) is 0. The van der Waals surface area contributed by atoms with Crippen molar-refractivity contribution >= 4 is 23.5 Å². The molecule has 0 aliphatic carbocycles. The zero-order valence-electron chi connectivity index (χ0n) is 21.1. The Bertz CT molecular complexity index is 1360. The molecule has 0 bridgehead atoms. The van der Waals surface area contributed by atoms with Crippen LogP contribution in [0.25, 0.3) is 28.9 Å². The number of carbonyl (C=O) groups is 1. The minimum atomic E-state index is -1.42. The van der Waals surface area contributed by atoms with Gasteiger partial charge in [0.1, 0.15) is 0 Å². The Morgan fingerprint density at radius 1 is 0.838 bits per heavy atom. The normalized spacial score (nSPS) is 19.8. The summed E-state index contributed by atoms with van der Waals surface area (Å²) in [6.45, 7) is 11.4. The third-order valence-electron chi connectivity index (χ3n) is 5.82. The summed E-state index contributed by atoms with van der Waals surface area (Å²) in [6.07, 6.45) is 8.80. The number of Topliss-reactive ketones (excluding diaryl/α,β-unsaturated/α-hetero) is 1. The number of allylic oxidation sites excluding steroid dienone is 4. The highest BCUT2D eigenvalue weighted by molar-refractivity contribution is 6.11. The molecule has 37 heavy (non-hydrogen) atoms. The second-order valence-electron chi connectivity index (χ2n) is 8.52. The molecule has 0 saturated carbocycles. The van der Waals surface area contributed by atoms with Gasteiger partial charge in [0.2, 0.25) is 0 Å². The van der Waals surface area contributed by atoms with Crippen molar-refractivity contribution in [3.05, 3.63) is 138 Å². The molecule has 3 aromatic carbocycles. The van der Waals surface area contributed by atoms with Crippen molar-refractivity contribution in [2.24, 2.45) is 0 Å². The quantitative estimate of drug-likeness (QED) is 0.239. The molecule has 0 spiro atoms. The van der Waals surface area contributed by atoms with Gasteiger partial charge in [0.15, 0.2) is 11.5 Å². The Morgan fingerprint density at radius 2 is 1.38 bits per heavy atom. The second-order valence-corrected chi connectivity index (χ2v) is 8.52. The predicted molar refractivity (Wildman–Crippen MR) is 150 cm³/mol. The lowest BCUT2D eigenvalue weighted by Crippen LogP contribution is -2.42. The van der Waals surface area contributed by atoms with E-state index < -0.39 is 5.97 Å². The Balaban J connectivity index is 1.64. The average Bonchev–Trinajstić information content (AvgIpc) is 2.91. The molecule has 1 aliphatic heterocycles. The van der Waals surface area contributed by atoms with Crippen LogP contribution in [0.2, 0.25) is 0 Å². The summed E-state index contributed by atoms with van der Waals surface area (Å²) in [5.41, 5.74) is 5.81. The summed E-state index contributed by atoms with van der Waals surface area (Å²) in [6, 6.07) is 25.8. The van der Waals surface area contributed by atoms with Crippen LogP contribution in [0.4, 0.5) is 0 Å². The highest BCUT2D eigenvalue weighted by Crippen LogP contribution is 2.33. The molecule has 0 radical (unpaired) electrons. The SMILES string of the molecule is C=CC=C(C=C)c1ccc(C=C2OC(C)(OCC)OC(=Cc3ccc(-c4ccccc4)cc3)C2=O)cc1. The molecular weight excluding hydrogens is 460 g/mol. The van der Waals surface area contributed by atoms with Gasteiger partial charge in [-0.3, -0.25) is 4.79 Å². The highest BCUT2D eigenvalue weighted by Gasteiger charge is 2.41. The van der Waals surface area contributed by atoms with Gasteiger partial charge in [0.05, 0.1) is 6.61 Å². The Kier molecular flexibility index (Phi) is 8.02. The average molecular weight is 491 g/mol. The second kappa shape index (κ2) is 11.5. The van der Waals surface area contributed by atoms with Crippen LogP contribution >= 0.6 is 0 Å². The predicted octanol–water partition coefficient (Wildman–Crippen LogP) is 7.82. The van der Waals surface area contributed by atoms with Crippen molar-refractivity contribution in [3.63, 3.8) is 0 Å². The first kappa shape index (κ1) is 25.7. The van der Waals surface area contributed by atoms with E-state index in [9.17, 15) is 4.79 Å². The zero-order chi connectivity index (χ0) is 26.3. The van der Waals surface area contributed by atoms with E-state index in [1.165, 1.54) is 0 Å². The number of ether oxygens (including phenoxy) is 3. The maximum absolute atomic E-state index is 13.3. The summed E-state index contributed by atoms with van der Waals surface area (Å²) >= 11 is 0. The van der Waals surface area contributed by atoms with Gasteiger partial charge in [-0.25, -0.2) is 0 Å². The first-order valence-electron chi connectivity index (χ1n) is 12.2. The van der Waals surface area contributed by atoms with E-state index in [0.717, 1.165) is 33.4 Å². The zero-order valence-corrected chi connectivity index (χ0v) is 21.1. The molecule has 1 aliphatic rings. The topological polar surface area (TPSA) is 44.8 Å². The Hall–Kier alpha value is -4.41. The van der Waals surface area contributed by atoms with E-state index >= 15 is 0 Å². The molecule has 4 heteroatoms. The van der Waals surface area contributed by atoms with Gasteiger partial charge in [0.25, 0.3) is 5.78 Å². The van der Waals surface area contributed by atoms with Crippen molar-refractivity contribution < 1.29 is 19.0 Å². The van der Waals surface area contributed by atoms with Crippen molar-refractivity contribution in [3.8, 4) is 11.1 Å². The number of ketones is 1. The van der Waals surface area contributed by atoms with Crippen molar-refractivity contribution in [1.29, 1.82) is 0 Å². The van der Waals surface area contributed by atoms with Gasteiger partial charge in [-0.2, -0.15) is 0 Å². The summed E-state index contributed by atoms with van der Waals surface area (Å²) < 4.78 is 17.5. The Labute approximate surface area is 218 Å². The van der Waals surface area contributed by atoms with Crippen LogP contribution in [0, 0.1) is 0 Å². The van der Waals surface area contributed by atoms with Crippen LogP contribution in [-0.2, 0) is 19.0 Å². The molecule has 1 heterocycles. The largest absolute Gasteiger partial charge is 0.426 e. The van der Waals surface area contributed by atoms with Crippen molar-refractivity contribution in [2.45, 2.75) is 19.8 Å². The minimum absolute atomic E-state index is 0.146. The molecular formula is C33H30O4. The van der Waals surface area contributed by atoms with Crippen LogP contribution in [0.5, 0.6) is 0 Å². The van der Waals surface area contributed by atoms with E-state index in [1.54, 1.807) is 31.2 Å². The van der Waals surface area contributed by atoms with Crippen LogP contribution in [0.15, 0.2) is 122 Å². The summed E-state index contributed by atoms with van der Waals surface area (Å²) in [5.74, 6) is -1.48. The van der Waals surface area contributed by atoms with Gasteiger partial charge in [-0.1, -0.05) is 110 Å². The van der Waals surface area contributed by atoms with Crippen LogP contribution in [-0.4, -0.2) is 18.4 Å². The van der Waals surface area contributed by atoms with Gasteiger partial charge < -0.3 is 14.2 Å². The molecule has 186 valence electrons. The van der Waals surface area contributed by atoms with Crippen molar-refractivity contribution in [1.82, 2.24) is 0 Å². The molecule has 4 rings (SSSR count). The van der Waals surface area contributed by atoms with E-state index in [-0.39, 0.29) is 17.3 Å². The lowest BCUT2D eigenvalue weighted by atomic mass is 10.0. The molecule has 4 nitrogen and oxygen atoms in total.